The largest absolute Gasteiger partial charge is 0.497 e. The predicted octanol–water partition coefficient (Wildman–Crippen LogP) is 3.45. The van der Waals surface area contributed by atoms with Crippen LogP contribution in [0.15, 0.2) is 18.2 Å². The van der Waals surface area contributed by atoms with Crippen molar-refractivity contribution in [1.82, 2.24) is 0 Å². The first-order valence-electron chi connectivity index (χ1n) is 4.64. The van der Waals surface area contributed by atoms with Crippen LogP contribution in [0.5, 0.6) is 5.75 Å². The third kappa shape index (κ3) is 3.44. The van der Waals surface area contributed by atoms with E-state index in [2.05, 4.69) is 4.74 Å². The number of halogens is 7. The molecule has 0 fully saturated rings. The molecule has 1 aromatic carbocycles. The minimum atomic E-state index is -5.85. The second kappa shape index (κ2) is 5.87. The first-order valence-corrected chi connectivity index (χ1v) is 4.64. The molecule has 0 unspecified atom stereocenters. The molecule has 19 heavy (non-hydrogen) atoms. The highest BCUT2D eigenvalue weighted by Crippen LogP contribution is 2.43. The molecule has 2 N–H and O–H groups in total. The maximum atomic E-state index is 13.3. The van der Waals surface area contributed by atoms with Crippen LogP contribution in [0.2, 0.25) is 0 Å². The molecule has 0 bridgehead atoms. The molecule has 0 heterocycles. The summed E-state index contributed by atoms with van der Waals surface area (Å²) >= 11 is 0. The van der Waals surface area contributed by atoms with E-state index in [1.807, 2.05) is 0 Å². The third-order valence-electron chi connectivity index (χ3n) is 2.31. The first kappa shape index (κ1) is 17.8. The lowest BCUT2D eigenvalue weighted by atomic mass is 10.0. The number of rotatable bonds is 3. The van der Waals surface area contributed by atoms with Crippen molar-refractivity contribution in [1.29, 1.82) is 0 Å². The van der Waals surface area contributed by atoms with Crippen LogP contribution in [0.1, 0.15) is 11.6 Å². The van der Waals surface area contributed by atoms with Crippen LogP contribution in [0.25, 0.3) is 0 Å². The van der Waals surface area contributed by atoms with Crippen molar-refractivity contribution in [3.05, 3.63) is 29.6 Å². The molecule has 1 aromatic rings. The zero-order chi connectivity index (χ0) is 14.1. The number of nitrogens with two attached hydrogens (primary N) is 1. The van der Waals surface area contributed by atoms with Crippen LogP contribution in [0, 0.1) is 5.82 Å². The predicted molar refractivity (Wildman–Crippen MR) is 58.1 cm³/mol. The van der Waals surface area contributed by atoms with Crippen molar-refractivity contribution in [2.24, 2.45) is 5.73 Å². The summed E-state index contributed by atoms with van der Waals surface area (Å²) in [5, 5.41) is 0. The summed E-state index contributed by atoms with van der Waals surface area (Å²) in [6.07, 6.45) is -5.85. The van der Waals surface area contributed by atoms with Crippen molar-refractivity contribution >= 4 is 12.4 Å². The lowest BCUT2D eigenvalue weighted by Gasteiger charge is -2.26. The SMILES string of the molecule is COc1ccc([C@@H](N)C(F)(F)C(F)(F)F)c(F)c1.Cl. The second-order valence-corrected chi connectivity index (χ2v) is 3.49. The van der Waals surface area contributed by atoms with Crippen LogP contribution < -0.4 is 10.5 Å². The van der Waals surface area contributed by atoms with E-state index >= 15 is 0 Å². The highest BCUT2D eigenvalue weighted by Gasteiger charge is 2.62. The van der Waals surface area contributed by atoms with Gasteiger partial charge in [-0.2, -0.15) is 22.0 Å². The molecule has 0 saturated heterocycles. The molecule has 0 spiro atoms. The van der Waals surface area contributed by atoms with Gasteiger partial charge in [-0.15, -0.1) is 12.4 Å². The monoisotopic (exact) mass is 309 g/mol. The zero-order valence-electron chi connectivity index (χ0n) is 9.47. The van der Waals surface area contributed by atoms with E-state index in [0.29, 0.717) is 6.07 Å². The lowest BCUT2D eigenvalue weighted by Crippen LogP contribution is -2.46. The fraction of sp³-hybridized carbons (Fsp3) is 0.400. The van der Waals surface area contributed by atoms with Gasteiger partial charge in [-0.05, 0) is 6.07 Å². The van der Waals surface area contributed by atoms with Crippen molar-refractivity contribution in [2.45, 2.75) is 18.1 Å². The highest BCUT2D eigenvalue weighted by molar-refractivity contribution is 5.85. The van der Waals surface area contributed by atoms with E-state index in [4.69, 9.17) is 5.73 Å². The molecular weight excluding hydrogens is 300 g/mol. The summed E-state index contributed by atoms with van der Waals surface area (Å²) < 4.78 is 80.0. The zero-order valence-corrected chi connectivity index (χ0v) is 10.3. The molecular formula is C10H10ClF6NO. The molecule has 0 saturated carbocycles. The van der Waals surface area contributed by atoms with Gasteiger partial charge in [-0.1, -0.05) is 6.07 Å². The Labute approximate surface area is 110 Å². The summed E-state index contributed by atoms with van der Waals surface area (Å²) in [5.74, 6) is -6.52. The molecule has 1 atom stereocenters. The van der Waals surface area contributed by atoms with Gasteiger partial charge in [-0.25, -0.2) is 4.39 Å². The van der Waals surface area contributed by atoms with Crippen LogP contribution in [-0.4, -0.2) is 19.2 Å². The van der Waals surface area contributed by atoms with Crippen LogP contribution in [0.3, 0.4) is 0 Å². The Morgan fingerprint density at radius 3 is 2.05 bits per heavy atom. The van der Waals surface area contributed by atoms with E-state index in [-0.39, 0.29) is 18.2 Å². The number of alkyl halides is 5. The van der Waals surface area contributed by atoms with E-state index in [1.165, 1.54) is 7.11 Å². The van der Waals surface area contributed by atoms with Crippen molar-refractivity contribution in [2.75, 3.05) is 7.11 Å². The Kier molecular flexibility index (Phi) is 5.52. The highest BCUT2D eigenvalue weighted by atomic mass is 35.5. The smallest absolute Gasteiger partial charge is 0.455 e. The molecule has 0 radical (unpaired) electrons. The Bertz CT molecular complexity index is 437. The number of hydrogen-bond acceptors (Lipinski definition) is 2. The maximum absolute atomic E-state index is 13.3. The van der Waals surface area contributed by atoms with Gasteiger partial charge < -0.3 is 10.5 Å². The molecule has 0 aliphatic heterocycles. The minimum Gasteiger partial charge on any atom is -0.497 e. The van der Waals surface area contributed by atoms with Gasteiger partial charge in [0.25, 0.3) is 0 Å². The van der Waals surface area contributed by atoms with Gasteiger partial charge in [0.2, 0.25) is 0 Å². The molecule has 0 aliphatic carbocycles. The fourth-order valence-corrected chi connectivity index (χ4v) is 1.26. The molecule has 0 amide bonds. The minimum absolute atomic E-state index is 0. The van der Waals surface area contributed by atoms with Crippen molar-refractivity contribution in [3.8, 4) is 5.75 Å². The fourth-order valence-electron chi connectivity index (χ4n) is 1.26. The lowest BCUT2D eigenvalue weighted by molar-refractivity contribution is -0.291. The molecule has 110 valence electrons. The summed E-state index contributed by atoms with van der Waals surface area (Å²) in [6.45, 7) is 0. The second-order valence-electron chi connectivity index (χ2n) is 3.49. The summed E-state index contributed by atoms with van der Waals surface area (Å²) in [6, 6.07) is -0.353. The Hall–Kier alpha value is -1.15. The number of benzene rings is 1. The van der Waals surface area contributed by atoms with Gasteiger partial charge in [0, 0.05) is 11.6 Å². The quantitative estimate of drug-likeness (QED) is 0.868. The normalized spacial score (nSPS) is 13.7. The average molecular weight is 310 g/mol. The number of ether oxygens (including phenoxy) is 1. The summed E-state index contributed by atoms with van der Waals surface area (Å²) in [7, 11) is 1.19. The van der Waals surface area contributed by atoms with Crippen molar-refractivity contribution in [3.63, 3.8) is 0 Å². The Balaban J connectivity index is 0.00000324. The molecule has 2 nitrogen and oxygen atoms in total. The Morgan fingerprint density at radius 1 is 1.16 bits per heavy atom. The van der Waals surface area contributed by atoms with Gasteiger partial charge in [0.1, 0.15) is 17.6 Å². The van der Waals surface area contributed by atoms with Gasteiger partial charge in [0.15, 0.2) is 0 Å². The van der Waals surface area contributed by atoms with Crippen LogP contribution in [0.4, 0.5) is 26.3 Å². The number of hydrogen-bond donors (Lipinski definition) is 1. The molecule has 0 aliphatic rings. The molecule has 0 aromatic heterocycles. The Morgan fingerprint density at radius 2 is 1.68 bits per heavy atom. The van der Waals surface area contributed by atoms with Gasteiger partial charge in [-0.3, -0.25) is 0 Å². The third-order valence-corrected chi connectivity index (χ3v) is 2.31. The van der Waals surface area contributed by atoms with Gasteiger partial charge >= 0.3 is 12.1 Å². The van der Waals surface area contributed by atoms with Crippen LogP contribution in [-0.2, 0) is 0 Å². The molecule has 9 heteroatoms. The van der Waals surface area contributed by atoms with E-state index in [1.54, 1.807) is 0 Å². The standard InChI is InChI=1S/C10H9F6NO.ClH/c1-18-5-2-3-6(7(11)4-5)8(17)9(12,13)10(14,15)16;/h2-4,8H,17H2,1H3;1H/t8-;/m1./s1. The van der Waals surface area contributed by atoms with Crippen LogP contribution >= 0.6 is 12.4 Å². The van der Waals surface area contributed by atoms with Gasteiger partial charge in [0.05, 0.1) is 7.11 Å². The number of methoxy groups -OCH3 is 1. The molecule has 1 rings (SSSR count). The van der Waals surface area contributed by atoms with Crippen molar-refractivity contribution < 1.29 is 31.1 Å². The summed E-state index contributed by atoms with van der Waals surface area (Å²) in [5.41, 5.74) is 3.87. The first-order chi connectivity index (χ1) is 8.11. The average Bonchev–Trinajstić information content (AvgIpc) is 2.26. The topological polar surface area (TPSA) is 35.2 Å². The van der Waals surface area contributed by atoms with E-state index in [9.17, 15) is 26.3 Å². The van der Waals surface area contributed by atoms with E-state index < -0.39 is 29.5 Å². The maximum Gasteiger partial charge on any atom is 0.455 e. The summed E-state index contributed by atoms with van der Waals surface area (Å²) in [4.78, 5) is 0. The van der Waals surface area contributed by atoms with E-state index in [0.717, 1.165) is 12.1 Å².